The van der Waals surface area contributed by atoms with Crippen molar-refractivity contribution in [2.45, 2.75) is 36.2 Å². The summed E-state index contributed by atoms with van der Waals surface area (Å²) >= 11 is 1.48. The van der Waals surface area contributed by atoms with E-state index >= 15 is 0 Å². The van der Waals surface area contributed by atoms with Gasteiger partial charge >= 0.3 is 0 Å². The van der Waals surface area contributed by atoms with Crippen molar-refractivity contribution in [3.63, 3.8) is 0 Å². The highest BCUT2D eigenvalue weighted by molar-refractivity contribution is 7.89. The summed E-state index contributed by atoms with van der Waals surface area (Å²) in [6.45, 7) is 1.26. The van der Waals surface area contributed by atoms with E-state index in [4.69, 9.17) is 0 Å². The fraction of sp³-hybridized carbons (Fsp3) is 0.714. The van der Waals surface area contributed by atoms with E-state index in [1.807, 2.05) is 21.1 Å². The van der Waals surface area contributed by atoms with Gasteiger partial charge in [-0.3, -0.25) is 0 Å². The smallest absolute Gasteiger partial charge is 0.243 e. The van der Waals surface area contributed by atoms with Crippen LogP contribution in [-0.2, 0) is 16.6 Å². The molecule has 5 nitrogen and oxygen atoms in total. The van der Waals surface area contributed by atoms with Crippen LogP contribution in [0, 0.1) is 0 Å². The van der Waals surface area contributed by atoms with Crippen molar-refractivity contribution in [3.8, 4) is 0 Å². The average Bonchev–Trinajstić information content (AvgIpc) is 2.82. The maximum atomic E-state index is 12.7. The first-order valence-corrected chi connectivity index (χ1v) is 9.49. The number of hydrogen-bond donors (Lipinski definition) is 1. The van der Waals surface area contributed by atoms with Crippen molar-refractivity contribution in [2.24, 2.45) is 0 Å². The SMILES string of the molecule is CNCc1cc(S(=O)(=O)N(C)CC2(N(C)C)CCC2)cs1. The van der Waals surface area contributed by atoms with E-state index in [1.165, 1.54) is 22.1 Å². The molecule has 1 aliphatic rings. The van der Waals surface area contributed by atoms with Gasteiger partial charge in [0.25, 0.3) is 0 Å². The van der Waals surface area contributed by atoms with Gasteiger partial charge in [0.05, 0.1) is 4.90 Å². The number of thiophene rings is 1. The van der Waals surface area contributed by atoms with E-state index in [-0.39, 0.29) is 5.54 Å². The molecule has 2 rings (SSSR count). The lowest BCUT2D eigenvalue weighted by atomic mass is 9.75. The summed E-state index contributed by atoms with van der Waals surface area (Å²) in [4.78, 5) is 3.62. The monoisotopic (exact) mass is 331 g/mol. The van der Waals surface area contributed by atoms with Gasteiger partial charge < -0.3 is 10.2 Å². The molecule has 120 valence electrons. The molecule has 1 N–H and O–H groups in total. The Hall–Kier alpha value is -0.470. The Morgan fingerprint density at radius 2 is 2.00 bits per heavy atom. The molecule has 1 aromatic rings. The molecular formula is C14H25N3O2S2. The minimum atomic E-state index is -3.39. The minimum Gasteiger partial charge on any atom is -0.315 e. The van der Waals surface area contributed by atoms with Gasteiger partial charge in [-0.05, 0) is 46.5 Å². The van der Waals surface area contributed by atoms with E-state index in [1.54, 1.807) is 18.5 Å². The molecule has 1 fully saturated rings. The molecule has 0 saturated heterocycles. The number of nitrogens with zero attached hydrogens (tertiary/aromatic N) is 2. The highest BCUT2D eigenvalue weighted by atomic mass is 32.2. The number of nitrogens with one attached hydrogen (secondary N) is 1. The fourth-order valence-corrected chi connectivity index (χ4v) is 5.30. The van der Waals surface area contributed by atoms with Crippen LogP contribution in [0.4, 0.5) is 0 Å². The number of likely N-dealkylation sites (N-methyl/N-ethyl adjacent to an activating group) is 2. The van der Waals surface area contributed by atoms with Crippen LogP contribution in [0.5, 0.6) is 0 Å². The predicted octanol–water partition coefficient (Wildman–Crippen LogP) is 1.57. The van der Waals surface area contributed by atoms with E-state index in [9.17, 15) is 8.42 Å². The summed E-state index contributed by atoms with van der Waals surface area (Å²) in [7, 11) is 4.23. The van der Waals surface area contributed by atoms with Gasteiger partial charge in [0.15, 0.2) is 0 Å². The lowest BCUT2D eigenvalue weighted by Crippen LogP contribution is -2.57. The Kier molecular flexibility index (Phi) is 5.10. The molecule has 7 heteroatoms. The fourth-order valence-electron chi connectivity index (χ4n) is 2.77. The van der Waals surface area contributed by atoms with Crippen molar-refractivity contribution in [3.05, 3.63) is 16.3 Å². The van der Waals surface area contributed by atoms with Crippen molar-refractivity contribution in [1.82, 2.24) is 14.5 Å². The Morgan fingerprint density at radius 1 is 1.33 bits per heavy atom. The van der Waals surface area contributed by atoms with Crippen LogP contribution in [0.25, 0.3) is 0 Å². The van der Waals surface area contributed by atoms with Crippen LogP contribution in [0.2, 0.25) is 0 Å². The molecular weight excluding hydrogens is 306 g/mol. The molecule has 0 aliphatic heterocycles. The predicted molar refractivity (Wildman–Crippen MR) is 87.2 cm³/mol. The number of hydrogen-bond acceptors (Lipinski definition) is 5. The van der Waals surface area contributed by atoms with Gasteiger partial charge in [0, 0.05) is 35.9 Å². The van der Waals surface area contributed by atoms with Crippen LogP contribution in [0.1, 0.15) is 24.1 Å². The summed E-state index contributed by atoms with van der Waals surface area (Å²) in [5.41, 5.74) is 0.00560. The Balaban J connectivity index is 2.14. The largest absolute Gasteiger partial charge is 0.315 e. The Morgan fingerprint density at radius 3 is 2.48 bits per heavy atom. The first-order chi connectivity index (χ1) is 9.82. The Bertz CT molecular complexity index is 577. The number of sulfonamides is 1. The summed E-state index contributed by atoms with van der Waals surface area (Å²) < 4.78 is 26.9. The third-order valence-electron chi connectivity index (χ3n) is 4.44. The Labute approximate surface area is 132 Å². The highest BCUT2D eigenvalue weighted by Gasteiger charge is 2.42. The molecule has 1 heterocycles. The minimum absolute atomic E-state index is 0.00560. The summed E-state index contributed by atoms with van der Waals surface area (Å²) in [6.07, 6.45) is 3.31. The second-order valence-corrected chi connectivity index (χ2v) is 9.05. The molecule has 0 aromatic carbocycles. The third kappa shape index (κ3) is 3.32. The van der Waals surface area contributed by atoms with Crippen molar-refractivity contribution >= 4 is 21.4 Å². The van der Waals surface area contributed by atoms with Gasteiger partial charge in [0.2, 0.25) is 10.0 Å². The van der Waals surface area contributed by atoms with Gasteiger partial charge in [-0.25, -0.2) is 8.42 Å². The molecule has 0 bridgehead atoms. The zero-order valence-electron chi connectivity index (χ0n) is 13.2. The van der Waals surface area contributed by atoms with Crippen LogP contribution < -0.4 is 5.32 Å². The van der Waals surface area contributed by atoms with Crippen molar-refractivity contribution < 1.29 is 8.42 Å². The second kappa shape index (κ2) is 6.34. The summed E-state index contributed by atoms with van der Waals surface area (Å²) in [5.74, 6) is 0. The van der Waals surface area contributed by atoms with E-state index < -0.39 is 10.0 Å². The zero-order valence-corrected chi connectivity index (χ0v) is 14.9. The molecule has 0 spiro atoms. The zero-order chi connectivity index (χ0) is 15.7. The molecule has 1 aromatic heterocycles. The maximum Gasteiger partial charge on any atom is 0.243 e. The van der Waals surface area contributed by atoms with E-state index in [2.05, 4.69) is 10.2 Å². The lowest BCUT2D eigenvalue weighted by molar-refractivity contribution is 0.0455. The topological polar surface area (TPSA) is 52.7 Å². The van der Waals surface area contributed by atoms with Gasteiger partial charge in [-0.2, -0.15) is 4.31 Å². The molecule has 0 radical (unpaired) electrons. The molecule has 0 unspecified atom stereocenters. The lowest BCUT2D eigenvalue weighted by Gasteiger charge is -2.48. The molecule has 1 aliphatic carbocycles. The standard InChI is InChI=1S/C14H25N3O2S2/c1-15-9-12-8-13(10-20-12)21(18,19)17(4)11-14(16(2)3)6-5-7-14/h8,10,15H,5-7,9,11H2,1-4H3. The van der Waals surface area contributed by atoms with E-state index in [0.717, 1.165) is 17.7 Å². The van der Waals surface area contributed by atoms with Gasteiger partial charge in [0.1, 0.15) is 0 Å². The van der Waals surface area contributed by atoms with Gasteiger partial charge in [-0.1, -0.05) is 0 Å². The first-order valence-electron chi connectivity index (χ1n) is 7.18. The number of rotatable bonds is 7. The maximum absolute atomic E-state index is 12.7. The second-order valence-electron chi connectivity index (χ2n) is 6.01. The highest BCUT2D eigenvalue weighted by Crippen LogP contribution is 2.37. The van der Waals surface area contributed by atoms with Gasteiger partial charge in [-0.15, -0.1) is 11.3 Å². The quantitative estimate of drug-likeness (QED) is 0.824. The van der Waals surface area contributed by atoms with E-state index in [0.29, 0.717) is 18.0 Å². The molecule has 1 saturated carbocycles. The summed E-state index contributed by atoms with van der Waals surface area (Å²) in [6, 6.07) is 1.77. The average molecular weight is 332 g/mol. The molecule has 21 heavy (non-hydrogen) atoms. The van der Waals surface area contributed by atoms with Crippen molar-refractivity contribution in [2.75, 3.05) is 34.7 Å². The normalized spacial score (nSPS) is 18.2. The van der Waals surface area contributed by atoms with Crippen LogP contribution in [0.3, 0.4) is 0 Å². The summed E-state index contributed by atoms with van der Waals surface area (Å²) in [5, 5.41) is 4.78. The van der Waals surface area contributed by atoms with Crippen molar-refractivity contribution in [1.29, 1.82) is 0 Å². The third-order valence-corrected chi connectivity index (χ3v) is 7.31. The van der Waals surface area contributed by atoms with Crippen LogP contribution >= 0.6 is 11.3 Å². The molecule has 0 amide bonds. The molecule has 0 atom stereocenters. The first kappa shape index (κ1) is 16.9. The van der Waals surface area contributed by atoms with Crippen LogP contribution in [-0.4, -0.2) is 57.9 Å². The van der Waals surface area contributed by atoms with Crippen LogP contribution in [0.15, 0.2) is 16.3 Å².